The van der Waals surface area contributed by atoms with Gasteiger partial charge in [-0.25, -0.2) is 0 Å². The Morgan fingerprint density at radius 3 is 0.793 bits per heavy atom. The molecule has 12 rings (SSSR count). The lowest BCUT2D eigenvalue weighted by atomic mass is 9.82. The summed E-state index contributed by atoms with van der Waals surface area (Å²) in [5.74, 6) is 0. The molecule has 3 heteroatoms. The summed E-state index contributed by atoms with van der Waals surface area (Å²) in [6.07, 6.45) is 5.87. The van der Waals surface area contributed by atoms with E-state index in [0.29, 0.717) is 0 Å². The predicted octanol–water partition coefficient (Wildman–Crippen LogP) is 24.7. The van der Waals surface area contributed by atoms with Gasteiger partial charge in [-0.1, -0.05) is 274 Å². The van der Waals surface area contributed by atoms with Crippen LogP contribution in [0.4, 0.5) is 0 Å². The molecule has 9 aromatic carbocycles. The van der Waals surface area contributed by atoms with Gasteiger partial charge < -0.3 is 0 Å². The third-order valence-corrected chi connectivity index (χ3v) is 18.3. The Kier molecular flexibility index (Phi) is 16.7. The Morgan fingerprint density at radius 2 is 0.446 bits per heavy atom. The molecule has 0 unspecified atom stereocenters. The van der Waals surface area contributed by atoms with Crippen molar-refractivity contribution in [2.45, 2.75) is 131 Å². The van der Waals surface area contributed by atoms with E-state index in [1.165, 1.54) is 38.9 Å². The van der Waals surface area contributed by atoms with Crippen molar-refractivity contribution in [3.8, 4) is 123 Å². The lowest BCUT2D eigenvalue weighted by molar-refractivity contribution is 0.589. The van der Waals surface area contributed by atoms with Gasteiger partial charge in [0.25, 0.3) is 0 Å². The van der Waals surface area contributed by atoms with Crippen molar-refractivity contribution in [2.75, 3.05) is 0 Å². The largest absolute Gasteiger partial charge is 0.256 e. The minimum atomic E-state index is -0.0521. The molecule has 0 spiro atoms. The van der Waals surface area contributed by atoms with Crippen LogP contribution in [0.5, 0.6) is 0 Å². The SMILES string of the molecule is CC(C)(C)c1cccc(-c2cc(-c3cc(C(C)(C)C)ccn3)ccc2-c2ccccc2-c2cc(-c3ccccc3-c3ccc(-c4cc(C(C)(C)C)ccn4)cc3)cc(-c3ccccc3-c3ccc(-c4cc(C(C)(C)C)ccn4)cc3-c3cccc(C(C)(C)C)c3)c2)c1. The average Bonchev–Trinajstić information content (AvgIpc) is 0.777. The van der Waals surface area contributed by atoms with Crippen molar-refractivity contribution in [3.05, 3.63) is 283 Å². The van der Waals surface area contributed by atoms with Gasteiger partial charge in [-0.3, -0.25) is 15.0 Å². The van der Waals surface area contributed by atoms with E-state index in [-0.39, 0.29) is 27.1 Å². The van der Waals surface area contributed by atoms with Crippen molar-refractivity contribution in [1.29, 1.82) is 0 Å². The Hall–Kier alpha value is -9.57. The Balaban J connectivity index is 1.09. The normalized spacial score (nSPS) is 12.3. The first kappa shape index (κ1) is 62.6. The molecular weight excluding hydrogens is 1110 g/mol. The van der Waals surface area contributed by atoms with Gasteiger partial charge in [-0.15, -0.1) is 0 Å². The molecule has 0 saturated carbocycles. The van der Waals surface area contributed by atoms with Gasteiger partial charge in [0, 0.05) is 35.3 Å². The van der Waals surface area contributed by atoms with Crippen LogP contribution in [0.25, 0.3) is 123 Å². The molecule has 0 fully saturated rings. The fraction of sp³-hybridized carbons (Fsp3) is 0.225. The van der Waals surface area contributed by atoms with E-state index in [0.717, 1.165) is 112 Å². The molecule has 0 radical (unpaired) electrons. The standard InChI is InChI=1S/C89H87N3/c1-85(2,3)67-26-22-24-60(51-67)80-53-62(83-56-70(43-46-91-83)88(10,11)12)38-40-78(80)76-32-20-18-30-74(76)65-48-64(73-29-17-16-28-72(73)58-34-36-59(37-35-58)82-55-69(42-45-90-82)87(7,8)9)49-66(50-65)75-31-19-21-33-77(75)79-41-39-63(84-57-71(44-47-92-84)89(13,14)15)54-81(79)61-25-23-27-68(52-61)86(4,5)6/h16-57H,1-15H3. The molecule has 458 valence electrons. The topological polar surface area (TPSA) is 38.7 Å². The maximum atomic E-state index is 5.01. The van der Waals surface area contributed by atoms with Crippen LogP contribution in [-0.4, -0.2) is 15.0 Å². The van der Waals surface area contributed by atoms with Gasteiger partial charge in [-0.2, -0.15) is 0 Å². The molecule has 0 aliphatic rings. The number of hydrogen-bond donors (Lipinski definition) is 0. The van der Waals surface area contributed by atoms with Gasteiger partial charge in [0.2, 0.25) is 0 Å². The van der Waals surface area contributed by atoms with Gasteiger partial charge in [-0.05, 0) is 211 Å². The van der Waals surface area contributed by atoms with Gasteiger partial charge in [0.15, 0.2) is 0 Å². The highest BCUT2D eigenvalue weighted by atomic mass is 14.7. The zero-order valence-electron chi connectivity index (χ0n) is 56.6. The molecule has 0 bridgehead atoms. The van der Waals surface area contributed by atoms with E-state index < -0.39 is 0 Å². The van der Waals surface area contributed by atoms with Crippen LogP contribution in [-0.2, 0) is 27.1 Å². The van der Waals surface area contributed by atoms with Crippen LogP contribution in [0.3, 0.4) is 0 Å². The molecule has 3 aromatic heterocycles. The highest BCUT2D eigenvalue weighted by molar-refractivity contribution is 5.99. The summed E-state index contributed by atoms with van der Waals surface area (Å²) in [5, 5.41) is 0. The second kappa shape index (κ2) is 24.6. The van der Waals surface area contributed by atoms with Crippen LogP contribution >= 0.6 is 0 Å². The number of pyridine rings is 3. The van der Waals surface area contributed by atoms with Crippen LogP contribution in [0.2, 0.25) is 0 Å². The molecule has 0 N–H and O–H groups in total. The van der Waals surface area contributed by atoms with E-state index in [4.69, 9.17) is 15.0 Å². The summed E-state index contributed by atoms with van der Waals surface area (Å²) in [7, 11) is 0. The highest BCUT2D eigenvalue weighted by Gasteiger charge is 2.25. The first-order chi connectivity index (χ1) is 43.7. The summed E-state index contributed by atoms with van der Waals surface area (Å²) < 4.78 is 0. The molecule has 0 aliphatic carbocycles. The van der Waals surface area contributed by atoms with Crippen molar-refractivity contribution < 1.29 is 0 Å². The number of nitrogens with zero attached hydrogens (tertiary/aromatic N) is 3. The van der Waals surface area contributed by atoms with Crippen molar-refractivity contribution in [2.24, 2.45) is 0 Å². The molecule has 0 aliphatic heterocycles. The van der Waals surface area contributed by atoms with Crippen LogP contribution in [0, 0.1) is 0 Å². The molecule has 0 amide bonds. The van der Waals surface area contributed by atoms with Crippen LogP contribution < -0.4 is 0 Å². The van der Waals surface area contributed by atoms with Gasteiger partial charge in [0.05, 0.1) is 17.1 Å². The number of hydrogen-bond acceptors (Lipinski definition) is 3. The summed E-state index contributed by atoms with van der Waals surface area (Å²) in [6, 6.07) is 88.7. The van der Waals surface area contributed by atoms with Crippen molar-refractivity contribution >= 4 is 0 Å². The predicted molar refractivity (Wildman–Crippen MR) is 393 cm³/mol. The molecule has 3 heterocycles. The summed E-state index contributed by atoms with van der Waals surface area (Å²) >= 11 is 0. The molecule has 0 saturated heterocycles. The van der Waals surface area contributed by atoms with Crippen LogP contribution in [0.1, 0.15) is 132 Å². The molecule has 3 nitrogen and oxygen atoms in total. The maximum Gasteiger partial charge on any atom is 0.0705 e. The van der Waals surface area contributed by atoms with Crippen molar-refractivity contribution in [1.82, 2.24) is 15.0 Å². The van der Waals surface area contributed by atoms with Crippen LogP contribution in [0.15, 0.2) is 255 Å². The zero-order chi connectivity index (χ0) is 64.9. The lowest BCUT2D eigenvalue weighted by Crippen LogP contribution is -2.11. The number of benzene rings is 9. The Bertz CT molecular complexity index is 4470. The zero-order valence-corrected chi connectivity index (χ0v) is 56.6. The minimum Gasteiger partial charge on any atom is -0.256 e. The Morgan fingerprint density at radius 1 is 0.174 bits per heavy atom. The quantitative estimate of drug-likeness (QED) is 0.130. The van der Waals surface area contributed by atoms with E-state index in [1.807, 2.05) is 18.6 Å². The highest BCUT2D eigenvalue weighted by Crippen LogP contribution is 2.47. The summed E-state index contributed by atoms with van der Waals surface area (Å²) in [4.78, 5) is 14.9. The number of rotatable bonds is 11. The third-order valence-electron chi connectivity index (χ3n) is 18.3. The lowest BCUT2D eigenvalue weighted by Gasteiger charge is -2.22. The smallest absolute Gasteiger partial charge is 0.0705 e. The van der Waals surface area contributed by atoms with Crippen molar-refractivity contribution in [3.63, 3.8) is 0 Å². The molecule has 0 atom stereocenters. The fourth-order valence-electron chi connectivity index (χ4n) is 12.7. The molecular formula is C89H87N3. The van der Waals surface area contributed by atoms with E-state index >= 15 is 0 Å². The molecule has 12 aromatic rings. The van der Waals surface area contributed by atoms with Gasteiger partial charge >= 0.3 is 0 Å². The Labute approximate surface area is 548 Å². The van der Waals surface area contributed by atoms with Gasteiger partial charge in [0.1, 0.15) is 0 Å². The average molecular weight is 1200 g/mol. The minimum absolute atomic E-state index is 0.00853. The second-order valence-electron chi connectivity index (χ2n) is 30.2. The first-order valence-electron chi connectivity index (χ1n) is 32.7. The summed E-state index contributed by atoms with van der Waals surface area (Å²) in [5.41, 5.74) is 30.7. The summed E-state index contributed by atoms with van der Waals surface area (Å²) in [6.45, 7) is 34.2. The first-order valence-corrected chi connectivity index (χ1v) is 32.7. The monoisotopic (exact) mass is 1200 g/mol. The third kappa shape index (κ3) is 13.3. The second-order valence-corrected chi connectivity index (χ2v) is 30.2. The van der Waals surface area contributed by atoms with E-state index in [1.54, 1.807) is 0 Å². The van der Waals surface area contributed by atoms with E-state index in [2.05, 4.69) is 340 Å². The molecule has 92 heavy (non-hydrogen) atoms. The fourth-order valence-corrected chi connectivity index (χ4v) is 12.7. The number of aromatic nitrogens is 3. The van der Waals surface area contributed by atoms with E-state index in [9.17, 15) is 0 Å². The maximum absolute atomic E-state index is 5.01.